The van der Waals surface area contributed by atoms with Crippen molar-refractivity contribution in [2.45, 2.75) is 52.5 Å². The molecule has 176 valence electrons. The van der Waals surface area contributed by atoms with E-state index in [1.165, 1.54) is 4.57 Å². The van der Waals surface area contributed by atoms with Gasteiger partial charge < -0.3 is 0 Å². The number of hydrogen-bond acceptors (Lipinski definition) is 5. The van der Waals surface area contributed by atoms with Gasteiger partial charge in [-0.2, -0.15) is 9.60 Å². The van der Waals surface area contributed by atoms with Crippen LogP contribution in [0.3, 0.4) is 0 Å². The van der Waals surface area contributed by atoms with Crippen LogP contribution in [0, 0.1) is 5.95 Å². The molecule has 2 heterocycles. The van der Waals surface area contributed by atoms with E-state index in [0.29, 0.717) is 29.7 Å². The monoisotopic (exact) mass is 462 g/mol. The molecule has 0 bridgehead atoms. The van der Waals surface area contributed by atoms with E-state index in [2.05, 4.69) is 20.6 Å². The molecule has 0 amide bonds. The van der Waals surface area contributed by atoms with Gasteiger partial charge in [0.15, 0.2) is 0 Å². The first-order chi connectivity index (χ1) is 16.5. The molecule has 0 spiro atoms. The lowest BCUT2D eigenvalue weighted by molar-refractivity contribution is 0.0880. The van der Waals surface area contributed by atoms with Gasteiger partial charge in [-0.1, -0.05) is 75.2 Å². The zero-order valence-corrected chi connectivity index (χ0v) is 19.3. The summed E-state index contributed by atoms with van der Waals surface area (Å²) < 4.78 is 17.2. The first-order valence-corrected chi connectivity index (χ1v) is 11.5. The van der Waals surface area contributed by atoms with Crippen LogP contribution < -0.4 is 5.69 Å². The van der Waals surface area contributed by atoms with E-state index in [-0.39, 0.29) is 18.7 Å². The van der Waals surface area contributed by atoms with Crippen molar-refractivity contribution in [2.24, 2.45) is 0 Å². The van der Waals surface area contributed by atoms with Crippen molar-refractivity contribution < 1.29 is 9.18 Å². The quantitative estimate of drug-likeness (QED) is 0.396. The summed E-state index contributed by atoms with van der Waals surface area (Å²) >= 11 is 0. The number of aromatic amines is 1. The van der Waals surface area contributed by atoms with Crippen LogP contribution in [0.15, 0.2) is 53.3 Å². The van der Waals surface area contributed by atoms with Crippen molar-refractivity contribution in [1.82, 2.24) is 29.8 Å². The maximum atomic E-state index is 15.1. The Balaban J connectivity index is 1.65. The number of benzene rings is 2. The molecular formula is C25H27FN6O2. The third-order valence-corrected chi connectivity index (χ3v) is 5.78. The van der Waals surface area contributed by atoms with E-state index in [0.717, 1.165) is 28.7 Å². The predicted molar refractivity (Wildman–Crippen MR) is 127 cm³/mol. The Morgan fingerprint density at radius 3 is 2.41 bits per heavy atom. The molecule has 0 fully saturated rings. The number of carbonyl (C=O) groups is 1. The Kier molecular flexibility index (Phi) is 7.10. The molecule has 0 aliphatic heterocycles. The molecule has 0 saturated heterocycles. The highest BCUT2D eigenvalue weighted by Gasteiger charge is 2.23. The van der Waals surface area contributed by atoms with Gasteiger partial charge in [0.2, 0.25) is 17.7 Å². The molecule has 0 unspecified atom stereocenters. The number of imidazole rings is 1. The Morgan fingerprint density at radius 2 is 1.76 bits per heavy atom. The van der Waals surface area contributed by atoms with E-state index >= 15 is 4.39 Å². The molecule has 9 heteroatoms. The minimum Gasteiger partial charge on any atom is -0.288 e. The lowest BCUT2D eigenvalue weighted by Gasteiger charge is -2.10. The van der Waals surface area contributed by atoms with Crippen molar-refractivity contribution in [3.8, 4) is 22.5 Å². The van der Waals surface area contributed by atoms with Crippen molar-refractivity contribution in [1.29, 1.82) is 0 Å². The fourth-order valence-electron chi connectivity index (χ4n) is 4.03. The highest BCUT2D eigenvalue weighted by atomic mass is 19.1. The maximum absolute atomic E-state index is 15.1. The molecule has 1 N–H and O–H groups in total. The van der Waals surface area contributed by atoms with Crippen molar-refractivity contribution in [3.05, 3.63) is 76.2 Å². The fourth-order valence-corrected chi connectivity index (χ4v) is 4.03. The molecule has 2 aromatic heterocycles. The molecule has 0 aliphatic rings. The van der Waals surface area contributed by atoms with Gasteiger partial charge in [0, 0.05) is 12.0 Å². The van der Waals surface area contributed by atoms with Crippen molar-refractivity contribution >= 4 is 5.91 Å². The van der Waals surface area contributed by atoms with Gasteiger partial charge in [-0.15, -0.1) is 10.2 Å². The zero-order chi connectivity index (χ0) is 24.1. The number of unbranched alkanes of at least 4 members (excludes halogenated alkanes) is 1. The third-order valence-electron chi connectivity index (χ3n) is 5.78. The van der Waals surface area contributed by atoms with Gasteiger partial charge in [0.1, 0.15) is 0 Å². The SMILES string of the molecule is CCCCC(=O)n1c(F)c(CCC)n(Cc2ccc(-c3ccccc3-c3nn[nH]n3)cc2)c1=O. The number of nitrogens with zero attached hydrogens (tertiary/aromatic N) is 5. The zero-order valence-electron chi connectivity index (χ0n) is 19.3. The molecule has 2 aromatic carbocycles. The van der Waals surface area contributed by atoms with Crippen LogP contribution in [0.4, 0.5) is 4.39 Å². The van der Waals surface area contributed by atoms with Crippen molar-refractivity contribution in [2.75, 3.05) is 0 Å². The van der Waals surface area contributed by atoms with Gasteiger partial charge in [-0.05, 0) is 34.7 Å². The number of H-pyrrole nitrogens is 1. The minimum atomic E-state index is -0.737. The summed E-state index contributed by atoms with van der Waals surface area (Å²) in [4.78, 5) is 25.5. The van der Waals surface area contributed by atoms with Gasteiger partial charge >= 0.3 is 5.69 Å². The average Bonchev–Trinajstić information content (AvgIpc) is 3.47. The standard InChI is InChI=1S/C25H27FN6O2/c1-3-5-11-22(33)32-23(26)21(8-4-2)31(25(32)34)16-17-12-14-18(15-13-17)19-9-6-7-10-20(19)24-27-29-30-28-24/h6-7,9-10,12-15H,3-5,8,11,16H2,1-2H3,(H,27,28,29,30). The topological polar surface area (TPSA) is 98.5 Å². The normalized spacial score (nSPS) is 11.1. The number of halogens is 1. The smallest absolute Gasteiger partial charge is 0.288 e. The molecule has 0 saturated carbocycles. The Labute approximate surface area is 196 Å². The van der Waals surface area contributed by atoms with Gasteiger partial charge in [-0.3, -0.25) is 9.36 Å². The Morgan fingerprint density at radius 1 is 1.03 bits per heavy atom. The van der Waals surface area contributed by atoms with Gasteiger partial charge in [0.25, 0.3) is 0 Å². The number of aromatic nitrogens is 6. The number of hydrogen-bond donors (Lipinski definition) is 1. The van der Waals surface area contributed by atoms with E-state index in [4.69, 9.17) is 0 Å². The number of tetrazole rings is 1. The summed E-state index contributed by atoms with van der Waals surface area (Å²) in [6.45, 7) is 4.05. The molecular weight excluding hydrogens is 435 g/mol. The molecule has 0 aliphatic carbocycles. The number of carbonyl (C=O) groups excluding carboxylic acids is 1. The van der Waals surface area contributed by atoms with Crippen LogP contribution in [-0.2, 0) is 13.0 Å². The molecule has 4 rings (SSSR count). The molecule has 0 atom stereocenters. The van der Waals surface area contributed by atoms with Crippen LogP contribution in [0.25, 0.3) is 22.5 Å². The second kappa shape index (κ2) is 10.4. The van der Waals surface area contributed by atoms with Crippen LogP contribution in [0.1, 0.15) is 55.6 Å². The summed E-state index contributed by atoms with van der Waals surface area (Å²) in [6, 6.07) is 15.4. The van der Waals surface area contributed by atoms with E-state index < -0.39 is 17.5 Å². The highest BCUT2D eigenvalue weighted by Crippen LogP contribution is 2.29. The van der Waals surface area contributed by atoms with E-state index in [1.54, 1.807) is 0 Å². The number of nitrogens with one attached hydrogen (secondary N) is 1. The largest absolute Gasteiger partial charge is 0.337 e. The molecule has 4 aromatic rings. The van der Waals surface area contributed by atoms with E-state index in [1.807, 2.05) is 62.4 Å². The van der Waals surface area contributed by atoms with Gasteiger partial charge in [0.05, 0.1) is 12.2 Å². The van der Waals surface area contributed by atoms with Crippen LogP contribution in [-0.4, -0.2) is 35.7 Å². The molecule has 0 radical (unpaired) electrons. The van der Waals surface area contributed by atoms with Crippen LogP contribution >= 0.6 is 0 Å². The molecule has 34 heavy (non-hydrogen) atoms. The second-order valence-corrected chi connectivity index (χ2v) is 8.17. The maximum Gasteiger partial charge on any atom is 0.337 e. The lowest BCUT2D eigenvalue weighted by Crippen LogP contribution is -2.30. The first kappa shape index (κ1) is 23.3. The lowest BCUT2D eigenvalue weighted by atomic mass is 9.98. The Bertz CT molecular complexity index is 1320. The predicted octanol–water partition coefficient (Wildman–Crippen LogP) is 4.47. The minimum absolute atomic E-state index is 0.150. The van der Waals surface area contributed by atoms with Crippen LogP contribution in [0.2, 0.25) is 0 Å². The van der Waals surface area contributed by atoms with Crippen molar-refractivity contribution in [3.63, 3.8) is 0 Å². The van der Waals surface area contributed by atoms with Gasteiger partial charge in [-0.25, -0.2) is 9.36 Å². The third kappa shape index (κ3) is 4.59. The van der Waals surface area contributed by atoms with E-state index in [9.17, 15) is 9.59 Å². The summed E-state index contributed by atoms with van der Waals surface area (Å²) in [5.41, 5.74) is 3.22. The summed E-state index contributed by atoms with van der Waals surface area (Å²) in [5.74, 6) is -0.729. The highest BCUT2D eigenvalue weighted by molar-refractivity contribution is 5.80. The first-order valence-electron chi connectivity index (χ1n) is 11.5. The Hall–Kier alpha value is -3.88. The second-order valence-electron chi connectivity index (χ2n) is 8.17. The average molecular weight is 463 g/mol. The fraction of sp³-hybridized carbons (Fsp3) is 0.320. The number of rotatable bonds is 9. The van der Waals surface area contributed by atoms with Crippen LogP contribution in [0.5, 0.6) is 0 Å². The summed E-state index contributed by atoms with van der Waals surface area (Å²) in [5, 5.41) is 14.3. The molecule has 8 nitrogen and oxygen atoms in total. The summed E-state index contributed by atoms with van der Waals surface area (Å²) in [6.07, 6.45) is 2.61. The summed E-state index contributed by atoms with van der Waals surface area (Å²) in [7, 11) is 0.